The van der Waals surface area contributed by atoms with Crippen LogP contribution in [0, 0.1) is 0 Å². The fourth-order valence-electron chi connectivity index (χ4n) is 2.54. The minimum absolute atomic E-state index is 0.0868. The van der Waals surface area contributed by atoms with Gasteiger partial charge in [0.05, 0.1) is 18.5 Å². The van der Waals surface area contributed by atoms with Crippen LogP contribution in [0.25, 0.3) is 0 Å². The number of hydrogen-bond donors (Lipinski definition) is 1. The van der Waals surface area contributed by atoms with Gasteiger partial charge < -0.3 is 19.7 Å². The van der Waals surface area contributed by atoms with E-state index in [0.29, 0.717) is 25.4 Å². The Morgan fingerprint density at radius 2 is 2.16 bits per heavy atom. The molecule has 1 aromatic carbocycles. The molecule has 1 N–H and O–H groups in total. The zero-order valence-electron chi connectivity index (χ0n) is 15.2. The predicted octanol–water partition coefficient (Wildman–Crippen LogP) is 1.68. The average Bonchev–Trinajstić information content (AvgIpc) is 2.60. The van der Waals surface area contributed by atoms with Crippen LogP contribution in [0.4, 0.5) is 0 Å². The first-order chi connectivity index (χ1) is 11.9. The van der Waals surface area contributed by atoms with Gasteiger partial charge in [-0.1, -0.05) is 12.1 Å². The SMILES string of the molecule is COCCN(Cc1cccc(OC)c1)C(=O)[C@H]1CSC(C)(C)C(=O)N1. The number of nitrogens with one attached hydrogen (secondary N) is 1. The smallest absolute Gasteiger partial charge is 0.246 e. The van der Waals surface area contributed by atoms with Crippen molar-refractivity contribution in [3.8, 4) is 5.75 Å². The Hall–Kier alpha value is -1.73. The standard InChI is InChI=1S/C18H26N2O4S/c1-18(2)17(22)19-15(12-25-18)16(21)20(8-9-23-3)11-13-6-5-7-14(10-13)24-4/h5-7,10,15H,8-9,11-12H2,1-4H3,(H,19,22)/t15-/m1/s1. The third-order valence-corrected chi connectivity index (χ3v) is 5.55. The van der Waals surface area contributed by atoms with Crippen LogP contribution in [0.15, 0.2) is 24.3 Å². The molecular weight excluding hydrogens is 340 g/mol. The highest BCUT2D eigenvalue weighted by atomic mass is 32.2. The fraction of sp³-hybridized carbons (Fsp3) is 0.556. The second-order valence-corrected chi connectivity index (χ2v) is 8.09. The zero-order chi connectivity index (χ0) is 18.4. The van der Waals surface area contributed by atoms with Crippen LogP contribution < -0.4 is 10.1 Å². The van der Waals surface area contributed by atoms with E-state index in [-0.39, 0.29) is 11.8 Å². The lowest BCUT2D eigenvalue weighted by Gasteiger charge is -2.35. The molecule has 0 radical (unpaired) electrons. The van der Waals surface area contributed by atoms with Gasteiger partial charge in [0.15, 0.2) is 0 Å². The molecule has 1 saturated heterocycles. The molecule has 1 fully saturated rings. The number of hydrogen-bond acceptors (Lipinski definition) is 5. The topological polar surface area (TPSA) is 67.9 Å². The van der Waals surface area contributed by atoms with Crippen molar-refractivity contribution in [1.29, 1.82) is 0 Å². The van der Waals surface area contributed by atoms with Crippen LogP contribution in [-0.4, -0.2) is 60.6 Å². The van der Waals surface area contributed by atoms with E-state index in [4.69, 9.17) is 9.47 Å². The third kappa shape index (κ3) is 5.12. The number of ether oxygens (including phenoxy) is 2. The van der Waals surface area contributed by atoms with E-state index in [0.717, 1.165) is 11.3 Å². The molecule has 138 valence electrons. The van der Waals surface area contributed by atoms with Gasteiger partial charge in [-0.15, -0.1) is 11.8 Å². The largest absolute Gasteiger partial charge is 0.497 e. The molecule has 1 heterocycles. The Labute approximate surface area is 153 Å². The molecule has 7 heteroatoms. The molecule has 2 amide bonds. The van der Waals surface area contributed by atoms with Gasteiger partial charge in [0.2, 0.25) is 11.8 Å². The first kappa shape index (κ1) is 19.6. The van der Waals surface area contributed by atoms with E-state index in [1.165, 1.54) is 11.8 Å². The molecule has 0 aromatic heterocycles. The van der Waals surface area contributed by atoms with E-state index in [2.05, 4.69) is 5.32 Å². The number of rotatable bonds is 7. The molecule has 1 aliphatic rings. The molecule has 2 rings (SSSR count). The molecule has 25 heavy (non-hydrogen) atoms. The minimum Gasteiger partial charge on any atom is -0.497 e. The van der Waals surface area contributed by atoms with E-state index in [9.17, 15) is 9.59 Å². The van der Waals surface area contributed by atoms with Crippen molar-refractivity contribution < 1.29 is 19.1 Å². The molecular formula is C18H26N2O4S. The molecule has 0 spiro atoms. The number of thioether (sulfide) groups is 1. The van der Waals surface area contributed by atoms with Crippen molar-refractivity contribution in [1.82, 2.24) is 10.2 Å². The Bertz CT molecular complexity index is 621. The fourth-order valence-corrected chi connectivity index (χ4v) is 3.54. The molecule has 6 nitrogen and oxygen atoms in total. The molecule has 1 aliphatic heterocycles. The van der Waals surface area contributed by atoms with Crippen LogP contribution in [-0.2, 0) is 20.9 Å². The maximum absolute atomic E-state index is 12.9. The molecule has 1 atom stereocenters. The summed E-state index contributed by atoms with van der Waals surface area (Å²) in [5, 5.41) is 2.86. The third-order valence-electron chi connectivity index (χ3n) is 4.15. The van der Waals surface area contributed by atoms with Gasteiger partial charge in [0, 0.05) is 26.0 Å². The number of benzene rings is 1. The van der Waals surface area contributed by atoms with Gasteiger partial charge in [0.1, 0.15) is 11.8 Å². The van der Waals surface area contributed by atoms with Gasteiger partial charge in [-0.25, -0.2) is 0 Å². The maximum atomic E-state index is 12.9. The Morgan fingerprint density at radius 1 is 1.40 bits per heavy atom. The summed E-state index contributed by atoms with van der Waals surface area (Å²) in [6.07, 6.45) is 0. The summed E-state index contributed by atoms with van der Waals surface area (Å²) in [5.41, 5.74) is 0.971. The monoisotopic (exact) mass is 366 g/mol. The van der Waals surface area contributed by atoms with Crippen molar-refractivity contribution in [2.45, 2.75) is 31.2 Å². The highest BCUT2D eigenvalue weighted by molar-refractivity contribution is 8.01. The summed E-state index contributed by atoms with van der Waals surface area (Å²) >= 11 is 1.51. The lowest BCUT2D eigenvalue weighted by molar-refractivity contribution is -0.137. The molecule has 0 saturated carbocycles. The van der Waals surface area contributed by atoms with E-state index >= 15 is 0 Å². The summed E-state index contributed by atoms with van der Waals surface area (Å²) < 4.78 is 9.88. The predicted molar refractivity (Wildman–Crippen MR) is 98.8 cm³/mol. The van der Waals surface area contributed by atoms with Crippen molar-refractivity contribution in [2.24, 2.45) is 0 Å². The molecule has 1 aromatic rings. The van der Waals surface area contributed by atoms with Crippen molar-refractivity contribution >= 4 is 23.6 Å². The molecule has 0 bridgehead atoms. The average molecular weight is 366 g/mol. The molecule has 0 aliphatic carbocycles. The second kappa shape index (κ2) is 8.58. The number of methoxy groups -OCH3 is 2. The van der Waals surface area contributed by atoms with E-state index in [1.807, 2.05) is 38.1 Å². The quantitative estimate of drug-likeness (QED) is 0.795. The van der Waals surface area contributed by atoms with Crippen molar-refractivity contribution in [2.75, 3.05) is 33.1 Å². The van der Waals surface area contributed by atoms with Crippen LogP contribution in [0.3, 0.4) is 0 Å². The van der Waals surface area contributed by atoms with Gasteiger partial charge in [-0.2, -0.15) is 0 Å². The van der Waals surface area contributed by atoms with E-state index < -0.39 is 10.8 Å². The number of nitrogens with zero attached hydrogens (tertiary/aromatic N) is 1. The zero-order valence-corrected chi connectivity index (χ0v) is 16.0. The minimum atomic E-state index is -0.506. The second-order valence-electron chi connectivity index (χ2n) is 6.45. The number of amides is 2. The maximum Gasteiger partial charge on any atom is 0.246 e. The Morgan fingerprint density at radius 3 is 2.80 bits per heavy atom. The van der Waals surface area contributed by atoms with Crippen LogP contribution in [0.2, 0.25) is 0 Å². The summed E-state index contributed by atoms with van der Waals surface area (Å²) in [5.74, 6) is 1.13. The highest BCUT2D eigenvalue weighted by Gasteiger charge is 2.39. The summed E-state index contributed by atoms with van der Waals surface area (Å²) in [6.45, 7) is 5.08. The van der Waals surface area contributed by atoms with Crippen LogP contribution in [0.1, 0.15) is 19.4 Å². The lowest BCUT2D eigenvalue weighted by atomic mass is 10.1. The first-order valence-electron chi connectivity index (χ1n) is 8.23. The Kier molecular flexibility index (Phi) is 6.72. The summed E-state index contributed by atoms with van der Waals surface area (Å²) in [7, 11) is 3.22. The van der Waals surface area contributed by atoms with Crippen LogP contribution in [0.5, 0.6) is 5.75 Å². The van der Waals surface area contributed by atoms with E-state index in [1.54, 1.807) is 19.1 Å². The lowest BCUT2D eigenvalue weighted by Crippen LogP contribution is -2.57. The van der Waals surface area contributed by atoms with Crippen molar-refractivity contribution in [3.63, 3.8) is 0 Å². The highest BCUT2D eigenvalue weighted by Crippen LogP contribution is 2.29. The summed E-state index contributed by atoms with van der Waals surface area (Å²) in [6, 6.07) is 7.11. The number of carbonyl (C=O) groups excluding carboxylic acids is 2. The van der Waals surface area contributed by atoms with Crippen LogP contribution >= 0.6 is 11.8 Å². The van der Waals surface area contributed by atoms with Gasteiger partial charge in [-0.3, -0.25) is 9.59 Å². The Balaban J connectivity index is 2.10. The summed E-state index contributed by atoms with van der Waals surface area (Å²) in [4.78, 5) is 26.8. The molecule has 0 unspecified atom stereocenters. The normalized spacial score (nSPS) is 19.2. The van der Waals surface area contributed by atoms with Crippen molar-refractivity contribution in [3.05, 3.63) is 29.8 Å². The van der Waals surface area contributed by atoms with Gasteiger partial charge >= 0.3 is 0 Å². The van der Waals surface area contributed by atoms with Gasteiger partial charge in [0.25, 0.3) is 0 Å². The van der Waals surface area contributed by atoms with Gasteiger partial charge in [-0.05, 0) is 31.5 Å². The first-order valence-corrected chi connectivity index (χ1v) is 9.21. The number of carbonyl (C=O) groups is 2.